The first kappa shape index (κ1) is 13.8. The van der Waals surface area contributed by atoms with Crippen LogP contribution in [-0.4, -0.2) is 35.5 Å². The molecule has 0 aliphatic heterocycles. The van der Waals surface area contributed by atoms with E-state index in [0.717, 1.165) is 22.3 Å². The van der Waals surface area contributed by atoms with E-state index < -0.39 is 18.7 Å². The SMILES string of the molecule is O=C(OCC1c2ccccc2-c2ccccc21)C(O)CO. The standard InChI is InChI=1S/C17H16O4/c18-9-16(19)17(20)21-10-15-13-7-3-1-5-11(13)12-6-2-4-8-14(12)15/h1-8,15-16,18-19H,9-10H2. The van der Waals surface area contributed by atoms with Crippen molar-refractivity contribution in [2.24, 2.45) is 0 Å². The summed E-state index contributed by atoms with van der Waals surface area (Å²) in [5.74, 6) is -0.827. The van der Waals surface area contributed by atoms with Crippen LogP contribution in [0, 0.1) is 0 Å². The molecular formula is C17H16O4. The van der Waals surface area contributed by atoms with Crippen molar-refractivity contribution in [3.63, 3.8) is 0 Å². The fourth-order valence-electron chi connectivity index (χ4n) is 2.78. The van der Waals surface area contributed by atoms with Gasteiger partial charge in [-0.25, -0.2) is 4.79 Å². The van der Waals surface area contributed by atoms with Crippen molar-refractivity contribution < 1.29 is 19.7 Å². The molecule has 2 aromatic carbocycles. The second-order valence-electron chi connectivity index (χ2n) is 5.06. The fraction of sp³-hybridized carbons (Fsp3) is 0.235. The predicted octanol–water partition coefficient (Wildman–Crippen LogP) is 1.70. The molecule has 0 fully saturated rings. The van der Waals surface area contributed by atoms with E-state index in [1.54, 1.807) is 0 Å². The quantitative estimate of drug-likeness (QED) is 0.839. The Morgan fingerprint density at radius 3 is 2.10 bits per heavy atom. The largest absolute Gasteiger partial charge is 0.463 e. The number of rotatable bonds is 4. The number of aliphatic hydroxyl groups excluding tert-OH is 2. The molecule has 1 aliphatic carbocycles. The van der Waals surface area contributed by atoms with Gasteiger partial charge in [0.05, 0.1) is 6.61 Å². The normalized spacial score (nSPS) is 14.4. The van der Waals surface area contributed by atoms with E-state index in [1.807, 2.05) is 36.4 Å². The molecule has 4 nitrogen and oxygen atoms in total. The number of ether oxygens (including phenoxy) is 1. The van der Waals surface area contributed by atoms with Crippen molar-refractivity contribution >= 4 is 5.97 Å². The summed E-state index contributed by atoms with van der Waals surface area (Å²) >= 11 is 0. The zero-order valence-corrected chi connectivity index (χ0v) is 11.4. The zero-order chi connectivity index (χ0) is 14.8. The van der Waals surface area contributed by atoms with Crippen molar-refractivity contribution in [3.05, 3.63) is 59.7 Å². The summed E-state index contributed by atoms with van der Waals surface area (Å²) in [4.78, 5) is 11.5. The van der Waals surface area contributed by atoms with Gasteiger partial charge < -0.3 is 14.9 Å². The van der Waals surface area contributed by atoms with Gasteiger partial charge in [0.15, 0.2) is 6.10 Å². The average Bonchev–Trinajstić information content (AvgIpc) is 2.86. The van der Waals surface area contributed by atoms with Crippen LogP contribution in [0.15, 0.2) is 48.5 Å². The van der Waals surface area contributed by atoms with Crippen LogP contribution in [0.5, 0.6) is 0 Å². The molecule has 0 amide bonds. The lowest BCUT2D eigenvalue weighted by Gasteiger charge is -2.15. The van der Waals surface area contributed by atoms with E-state index in [1.165, 1.54) is 0 Å². The van der Waals surface area contributed by atoms with Gasteiger partial charge in [0, 0.05) is 5.92 Å². The Bertz CT molecular complexity index is 620. The second kappa shape index (κ2) is 5.68. The van der Waals surface area contributed by atoms with Crippen molar-refractivity contribution in [2.75, 3.05) is 13.2 Å². The number of benzene rings is 2. The molecule has 0 aromatic heterocycles. The van der Waals surface area contributed by atoms with E-state index in [-0.39, 0.29) is 12.5 Å². The van der Waals surface area contributed by atoms with Gasteiger partial charge in [0.25, 0.3) is 0 Å². The molecule has 2 N–H and O–H groups in total. The van der Waals surface area contributed by atoms with Gasteiger partial charge in [-0.1, -0.05) is 48.5 Å². The van der Waals surface area contributed by atoms with Crippen molar-refractivity contribution in [1.29, 1.82) is 0 Å². The highest BCUT2D eigenvalue weighted by atomic mass is 16.5. The molecule has 3 rings (SSSR count). The minimum Gasteiger partial charge on any atom is -0.463 e. The number of fused-ring (bicyclic) bond motifs is 3. The lowest BCUT2D eigenvalue weighted by atomic mass is 9.98. The summed E-state index contributed by atoms with van der Waals surface area (Å²) in [6, 6.07) is 16.0. The Balaban J connectivity index is 1.87. The highest BCUT2D eigenvalue weighted by molar-refractivity contribution is 5.79. The Labute approximate surface area is 122 Å². The first-order valence-electron chi connectivity index (χ1n) is 6.86. The topological polar surface area (TPSA) is 66.8 Å². The maximum Gasteiger partial charge on any atom is 0.337 e. The third-order valence-electron chi connectivity index (χ3n) is 3.80. The molecule has 0 radical (unpaired) electrons. The van der Waals surface area contributed by atoms with E-state index in [4.69, 9.17) is 9.84 Å². The number of hydrogen-bond donors (Lipinski definition) is 2. The van der Waals surface area contributed by atoms with Gasteiger partial charge in [-0.15, -0.1) is 0 Å². The zero-order valence-electron chi connectivity index (χ0n) is 11.4. The average molecular weight is 284 g/mol. The summed E-state index contributed by atoms with van der Waals surface area (Å²) in [7, 11) is 0. The van der Waals surface area contributed by atoms with Crippen LogP contribution >= 0.6 is 0 Å². The first-order valence-corrected chi connectivity index (χ1v) is 6.86. The van der Waals surface area contributed by atoms with E-state index in [2.05, 4.69) is 12.1 Å². The minimum atomic E-state index is -1.48. The summed E-state index contributed by atoms with van der Waals surface area (Å²) in [6.07, 6.45) is -1.48. The predicted molar refractivity (Wildman–Crippen MR) is 77.8 cm³/mol. The van der Waals surface area contributed by atoms with Gasteiger partial charge in [-0.3, -0.25) is 0 Å². The first-order chi connectivity index (χ1) is 10.2. The molecule has 0 heterocycles. The maximum atomic E-state index is 11.5. The summed E-state index contributed by atoms with van der Waals surface area (Å²) in [5.41, 5.74) is 4.53. The Kier molecular flexibility index (Phi) is 3.73. The monoisotopic (exact) mass is 284 g/mol. The van der Waals surface area contributed by atoms with Crippen LogP contribution in [0.3, 0.4) is 0 Å². The van der Waals surface area contributed by atoms with Crippen LogP contribution in [-0.2, 0) is 9.53 Å². The molecule has 21 heavy (non-hydrogen) atoms. The molecule has 2 aromatic rings. The second-order valence-corrected chi connectivity index (χ2v) is 5.06. The smallest absolute Gasteiger partial charge is 0.337 e. The molecule has 1 aliphatic rings. The summed E-state index contributed by atoms with van der Waals surface area (Å²) in [5, 5.41) is 18.0. The van der Waals surface area contributed by atoms with Crippen molar-refractivity contribution in [2.45, 2.75) is 12.0 Å². The molecule has 108 valence electrons. The Morgan fingerprint density at radius 1 is 1.05 bits per heavy atom. The highest BCUT2D eigenvalue weighted by Crippen LogP contribution is 2.44. The molecule has 0 spiro atoms. The van der Waals surface area contributed by atoms with Crippen LogP contribution in [0.1, 0.15) is 17.0 Å². The van der Waals surface area contributed by atoms with Crippen molar-refractivity contribution in [3.8, 4) is 11.1 Å². The third kappa shape index (κ3) is 2.44. The lowest BCUT2D eigenvalue weighted by molar-refractivity contribution is -0.155. The molecular weight excluding hydrogens is 268 g/mol. The molecule has 0 saturated heterocycles. The van der Waals surface area contributed by atoms with Gasteiger partial charge in [0.2, 0.25) is 0 Å². The number of hydrogen-bond acceptors (Lipinski definition) is 4. The van der Waals surface area contributed by atoms with E-state index in [0.29, 0.717) is 0 Å². The summed E-state index contributed by atoms with van der Waals surface area (Å²) in [6.45, 7) is -0.472. The Morgan fingerprint density at radius 2 is 1.57 bits per heavy atom. The summed E-state index contributed by atoms with van der Waals surface area (Å²) < 4.78 is 5.14. The minimum absolute atomic E-state index is 0.0350. The molecule has 1 atom stereocenters. The Hall–Kier alpha value is -2.17. The fourth-order valence-corrected chi connectivity index (χ4v) is 2.78. The van der Waals surface area contributed by atoms with Gasteiger partial charge >= 0.3 is 5.97 Å². The highest BCUT2D eigenvalue weighted by Gasteiger charge is 2.29. The van der Waals surface area contributed by atoms with Crippen LogP contribution < -0.4 is 0 Å². The van der Waals surface area contributed by atoms with Gasteiger partial charge in [-0.05, 0) is 22.3 Å². The van der Waals surface area contributed by atoms with E-state index >= 15 is 0 Å². The molecule has 1 unspecified atom stereocenters. The van der Waals surface area contributed by atoms with Gasteiger partial charge in [-0.2, -0.15) is 0 Å². The molecule has 0 saturated carbocycles. The molecule has 0 bridgehead atoms. The van der Waals surface area contributed by atoms with Gasteiger partial charge in [0.1, 0.15) is 6.61 Å². The lowest BCUT2D eigenvalue weighted by Crippen LogP contribution is -2.28. The van der Waals surface area contributed by atoms with Crippen LogP contribution in [0.2, 0.25) is 0 Å². The van der Waals surface area contributed by atoms with Crippen LogP contribution in [0.25, 0.3) is 11.1 Å². The molecule has 4 heteroatoms. The number of carbonyl (C=O) groups excluding carboxylic acids is 1. The maximum absolute atomic E-state index is 11.5. The van der Waals surface area contributed by atoms with E-state index in [9.17, 15) is 9.90 Å². The van der Waals surface area contributed by atoms with Crippen LogP contribution in [0.4, 0.5) is 0 Å². The van der Waals surface area contributed by atoms with Crippen molar-refractivity contribution in [1.82, 2.24) is 0 Å². The third-order valence-corrected chi connectivity index (χ3v) is 3.80. The number of aliphatic hydroxyl groups is 2. The number of carbonyl (C=O) groups is 1. The number of esters is 1.